The fraction of sp³-hybridized carbons (Fsp3) is 0.0625. The summed E-state index contributed by atoms with van der Waals surface area (Å²) in [6.07, 6.45) is 3.27. The first-order chi connectivity index (χ1) is 9.29. The molecule has 0 aromatic heterocycles. The largest absolute Gasteiger partial charge is 0.289 e. The molecule has 0 atom stereocenters. The van der Waals surface area contributed by atoms with Crippen molar-refractivity contribution >= 4 is 17.2 Å². The first-order valence-corrected chi connectivity index (χ1v) is 6.03. The van der Waals surface area contributed by atoms with E-state index in [-0.39, 0.29) is 5.78 Å². The number of ketones is 1. The van der Waals surface area contributed by atoms with Gasteiger partial charge in [0.2, 0.25) is 0 Å². The number of rotatable bonds is 4. The fourth-order valence-corrected chi connectivity index (χ4v) is 1.55. The Labute approximate surface area is 112 Å². The van der Waals surface area contributed by atoms with Crippen LogP contribution in [0.1, 0.15) is 17.3 Å². The summed E-state index contributed by atoms with van der Waals surface area (Å²) >= 11 is 0. The van der Waals surface area contributed by atoms with E-state index in [1.165, 1.54) is 0 Å². The van der Waals surface area contributed by atoms with Crippen LogP contribution in [0.2, 0.25) is 0 Å². The van der Waals surface area contributed by atoms with Gasteiger partial charge in [-0.25, -0.2) is 0 Å². The minimum atomic E-state index is -0.00551. The summed E-state index contributed by atoms with van der Waals surface area (Å²) in [5.74, 6) is -0.00551. The van der Waals surface area contributed by atoms with Gasteiger partial charge in [0, 0.05) is 5.56 Å². The number of hydrogen-bond donors (Lipinski definition) is 0. The Morgan fingerprint density at radius 2 is 1.47 bits per heavy atom. The highest BCUT2D eigenvalue weighted by Gasteiger charge is 2.00. The number of benzene rings is 2. The van der Waals surface area contributed by atoms with Crippen LogP contribution in [-0.4, -0.2) is 5.78 Å². The highest BCUT2D eigenvalue weighted by Crippen LogP contribution is 2.18. The second-order valence-corrected chi connectivity index (χ2v) is 3.95. The molecule has 2 aromatic rings. The Bertz CT molecular complexity index is 598. The van der Waals surface area contributed by atoms with Crippen molar-refractivity contribution in [2.45, 2.75) is 6.92 Å². The fourth-order valence-electron chi connectivity index (χ4n) is 1.55. The molecule has 0 spiro atoms. The second-order valence-electron chi connectivity index (χ2n) is 3.95. The topological polar surface area (TPSA) is 41.8 Å². The van der Waals surface area contributed by atoms with E-state index in [1.54, 1.807) is 36.4 Å². The maximum atomic E-state index is 11.6. The molecule has 0 N–H and O–H groups in total. The van der Waals surface area contributed by atoms with Gasteiger partial charge in [0.25, 0.3) is 0 Å². The Kier molecular flexibility index (Phi) is 4.34. The predicted octanol–water partition coefficient (Wildman–Crippen LogP) is 4.86. The van der Waals surface area contributed by atoms with Crippen molar-refractivity contribution in [2.24, 2.45) is 10.2 Å². The average molecular weight is 250 g/mol. The molecular weight excluding hydrogens is 236 g/mol. The van der Waals surface area contributed by atoms with Gasteiger partial charge in [0.1, 0.15) is 0 Å². The first-order valence-electron chi connectivity index (χ1n) is 6.03. The van der Waals surface area contributed by atoms with Gasteiger partial charge in [-0.2, -0.15) is 10.2 Å². The molecule has 0 aliphatic heterocycles. The van der Waals surface area contributed by atoms with Crippen molar-refractivity contribution < 1.29 is 4.79 Å². The number of carbonyl (C=O) groups excluding carboxylic acids is 1. The number of azo groups is 1. The van der Waals surface area contributed by atoms with Crippen LogP contribution in [0.4, 0.5) is 11.4 Å². The van der Waals surface area contributed by atoms with Crippen molar-refractivity contribution in [1.29, 1.82) is 0 Å². The van der Waals surface area contributed by atoms with Crippen LogP contribution in [0.3, 0.4) is 0 Å². The van der Waals surface area contributed by atoms with Gasteiger partial charge >= 0.3 is 0 Å². The van der Waals surface area contributed by atoms with E-state index in [2.05, 4.69) is 10.2 Å². The van der Waals surface area contributed by atoms with E-state index in [9.17, 15) is 4.79 Å². The standard InChI is InChI=1S/C16H14N2O/c1-2-6-16(19)13-9-11-15(12-10-13)18-17-14-7-4-3-5-8-14/h2-12H,1H3. The molecule has 2 aromatic carbocycles. The molecule has 0 radical (unpaired) electrons. The molecule has 0 unspecified atom stereocenters. The molecule has 19 heavy (non-hydrogen) atoms. The number of nitrogens with zero attached hydrogens (tertiary/aromatic N) is 2. The third kappa shape index (κ3) is 3.71. The maximum absolute atomic E-state index is 11.6. The second kappa shape index (κ2) is 6.40. The maximum Gasteiger partial charge on any atom is 0.185 e. The minimum absolute atomic E-state index is 0.00551. The molecule has 2 rings (SSSR count). The molecule has 0 heterocycles. The Balaban J connectivity index is 2.11. The number of hydrogen-bond acceptors (Lipinski definition) is 3. The number of allylic oxidation sites excluding steroid dienone is 2. The van der Waals surface area contributed by atoms with Crippen molar-refractivity contribution in [2.75, 3.05) is 0 Å². The SMILES string of the molecule is CC=CC(=O)c1ccc(N=Nc2ccccc2)cc1. The van der Waals surface area contributed by atoms with Crippen molar-refractivity contribution in [3.8, 4) is 0 Å². The zero-order valence-electron chi connectivity index (χ0n) is 10.7. The van der Waals surface area contributed by atoms with Crippen molar-refractivity contribution in [3.63, 3.8) is 0 Å². The molecular formula is C16H14N2O. The summed E-state index contributed by atoms with van der Waals surface area (Å²) in [5, 5.41) is 8.23. The molecule has 0 fully saturated rings. The van der Waals surface area contributed by atoms with Crippen LogP contribution in [-0.2, 0) is 0 Å². The van der Waals surface area contributed by atoms with Gasteiger partial charge in [-0.1, -0.05) is 24.3 Å². The summed E-state index contributed by atoms with van der Waals surface area (Å²) < 4.78 is 0. The first kappa shape index (κ1) is 12.9. The molecule has 94 valence electrons. The van der Waals surface area contributed by atoms with Gasteiger partial charge in [-0.05, 0) is 49.4 Å². The smallest absolute Gasteiger partial charge is 0.185 e. The van der Waals surface area contributed by atoms with E-state index in [1.807, 2.05) is 37.3 Å². The summed E-state index contributed by atoms with van der Waals surface area (Å²) in [4.78, 5) is 11.6. The van der Waals surface area contributed by atoms with Crippen molar-refractivity contribution in [1.82, 2.24) is 0 Å². The molecule has 0 aliphatic rings. The van der Waals surface area contributed by atoms with Crippen LogP contribution < -0.4 is 0 Å². The summed E-state index contributed by atoms with van der Waals surface area (Å²) in [6, 6.07) is 16.6. The molecule has 0 amide bonds. The van der Waals surface area contributed by atoms with Crippen LogP contribution in [0.25, 0.3) is 0 Å². The van der Waals surface area contributed by atoms with Gasteiger partial charge < -0.3 is 0 Å². The van der Waals surface area contributed by atoms with E-state index >= 15 is 0 Å². The van der Waals surface area contributed by atoms with Crippen molar-refractivity contribution in [3.05, 3.63) is 72.3 Å². The molecule has 3 heteroatoms. The molecule has 0 bridgehead atoms. The number of carbonyl (C=O) groups is 1. The van der Waals surface area contributed by atoms with E-state index < -0.39 is 0 Å². The average Bonchev–Trinajstić information content (AvgIpc) is 2.47. The predicted molar refractivity (Wildman–Crippen MR) is 76.2 cm³/mol. The lowest BCUT2D eigenvalue weighted by molar-refractivity contribution is 0.104. The minimum Gasteiger partial charge on any atom is -0.289 e. The highest BCUT2D eigenvalue weighted by molar-refractivity contribution is 6.04. The van der Waals surface area contributed by atoms with Crippen LogP contribution in [0.5, 0.6) is 0 Å². The lowest BCUT2D eigenvalue weighted by Gasteiger charge is -1.96. The molecule has 3 nitrogen and oxygen atoms in total. The normalized spacial score (nSPS) is 11.2. The van der Waals surface area contributed by atoms with Gasteiger partial charge in [-0.3, -0.25) is 4.79 Å². The summed E-state index contributed by atoms with van der Waals surface area (Å²) in [7, 11) is 0. The van der Waals surface area contributed by atoms with Gasteiger partial charge in [0.15, 0.2) is 5.78 Å². The monoisotopic (exact) mass is 250 g/mol. The lowest BCUT2D eigenvalue weighted by atomic mass is 10.1. The zero-order chi connectivity index (χ0) is 13.5. The highest BCUT2D eigenvalue weighted by atomic mass is 16.1. The van der Waals surface area contributed by atoms with Gasteiger partial charge in [0.05, 0.1) is 11.4 Å². The Hall–Kier alpha value is -2.55. The van der Waals surface area contributed by atoms with Crippen LogP contribution in [0.15, 0.2) is 77.0 Å². The Morgan fingerprint density at radius 3 is 2.05 bits per heavy atom. The quantitative estimate of drug-likeness (QED) is 0.434. The summed E-state index contributed by atoms with van der Waals surface area (Å²) in [5.41, 5.74) is 2.18. The van der Waals surface area contributed by atoms with E-state index in [0.29, 0.717) is 5.56 Å². The zero-order valence-corrected chi connectivity index (χ0v) is 10.7. The lowest BCUT2D eigenvalue weighted by Crippen LogP contribution is -1.92. The van der Waals surface area contributed by atoms with E-state index in [4.69, 9.17) is 0 Å². The third-order valence-electron chi connectivity index (χ3n) is 2.51. The Morgan fingerprint density at radius 1 is 0.895 bits per heavy atom. The van der Waals surface area contributed by atoms with E-state index in [0.717, 1.165) is 11.4 Å². The van der Waals surface area contributed by atoms with Crippen LogP contribution >= 0.6 is 0 Å². The molecule has 0 saturated carbocycles. The molecule has 0 aliphatic carbocycles. The third-order valence-corrected chi connectivity index (χ3v) is 2.51. The van der Waals surface area contributed by atoms with Crippen LogP contribution in [0, 0.1) is 0 Å². The summed E-state index contributed by atoms with van der Waals surface area (Å²) in [6.45, 7) is 1.82. The molecule has 0 saturated heterocycles. The van der Waals surface area contributed by atoms with Gasteiger partial charge in [-0.15, -0.1) is 0 Å².